The van der Waals surface area contributed by atoms with Gasteiger partial charge in [0.2, 0.25) is 0 Å². The molecular formula is C13H21NS. The normalized spacial score (nSPS) is 12.9. The van der Waals surface area contributed by atoms with E-state index in [4.69, 9.17) is 5.73 Å². The third-order valence-corrected chi connectivity index (χ3v) is 3.51. The lowest BCUT2D eigenvalue weighted by molar-refractivity contribution is 0.733. The predicted molar refractivity (Wildman–Crippen MR) is 69.7 cm³/mol. The zero-order valence-corrected chi connectivity index (χ0v) is 10.9. The van der Waals surface area contributed by atoms with Crippen molar-refractivity contribution >= 4 is 11.8 Å². The number of benzene rings is 1. The highest BCUT2D eigenvalue weighted by molar-refractivity contribution is 7.99. The minimum Gasteiger partial charge on any atom is -0.328 e. The maximum atomic E-state index is 5.83. The summed E-state index contributed by atoms with van der Waals surface area (Å²) in [6.45, 7) is 8.61. The summed E-state index contributed by atoms with van der Waals surface area (Å²) in [5.74, 6) is 1.13. The molecule has 1 unspecified atom stereocenters. The Morgan fingerprint density at radius 2 is 1.93 bits per heavy atom. The fraction of sp³-hybridized carbons (Fsp3) is 0.538. The topological polar surface area (TPSA) is 26.0 Å². The molecule has 1 atom stereocenters. The summed E-state index contributed by atoms with van der Waals surface area (Å²) in [6.07, 6.45) is 0.976. The molecule has 0 radical (unpaired) electrons. The number of rotatable bonds is 4. The van der Waals surface area contributed by atoms with Crippen LogP contribution in [-0.4, -0.2) is 11.8 Å². The Hall–Kier alpha value is -0.470. The molecule has 0 aliphatic carbocycles. The highest BCUT2D eigenvalue weighted by Gasteiger charge is 2.06. The number of aryl methyl sites for hydroxylation is 2. The van der Waals surface area contributed by atoms with Gasteiger partial charge in [-0.25, -0.2) is 0 Å². The van der Waals surface area contributed by atoms with Crippen LogP contribution in [0.3, 0.4) is 0 Å². The van der Waals surface area contributed by atoms with Crippen molar-refractivity contribution in [1.29, 1.82) is 0 Å². The standard InChI is InChI=1S/C13H21NS/c1-5-15-13-7-9(2)12(6-10(13)3)8-11(4)14/h6-7,11H,5,8,14H2,1-4H3. The summed E-state index contributed by atoms with van der Waals surface area (Å²) >= 11 is 1.91. The van der Waals surface area contributed by atoms with E-state index < -0.39 is 0 Å². The summed E-state index contributed by atoms with van der Waals surface area (Å²) in [7, 11) is 0. The SMILES string of the molecule is CCSc1cc(C)c(CC(C)N)cc1C. The van der Waals surface area contributed by atoms with E-state index in [0.717, 1.165) is 12.2 Å². The second-order valence-corrected chi connectivity index (χ2v) is 5.46. The Morgan fingerprint density at radius 3 is 2.47 bits per heavy atom. The summed E-state index contributed by atoms with van der Waals surface area (Å²) in [6, 6.07) is 4.82. The number of hydrogen-bond acceptors (Lipinski definition) is 2. The largest absolute Gasteiger partial charge is 0.328 e. The Bertz CT molecular complexity index is 332. The predicted octanol–water partition coefficient (Wildman–Crippen LogP) is 3.31. The van der Waals surface area contributed by atoms with Crippen LogP contribution in [0, 0.1) is 13.8 Å². The first-order valence-corrected chi connectivity index (χ1v) is 6.51. The average molecular weight is 223 g/mol. The number of thioether (sulfide) groups is 1. The van der Waals surface area contributed by atoms with Crippen molar-refractivity contribution in [2.75, 3.05) is 5.75 Å². The maximum absolute atomic E-state index is 5.83. The highest BCUT2D eigenvalue weighted by atomic mass is 32.2. The van der Waals surface area contributed by atoms with Gasteiger partial charge in [0, 0.05) is 10.9 Å². The highest BCUT2D eigenvalue weighted by Crippen LogP contribution is 2.26. The Balaban J connectivity index is 2.97. The van der Waals surface area contributed by atoms with Gasteiger partial charge in [-0.2, -0.15) is 0 Å². The van der Waals surface area contributed by atoms with Crippen molar-refractivity contribution in [1.82, 2.24) is 0 Å². The maximum Gasteiger partial charge on any atom is 0.0104 e. The molecule has 1 aromatic carbocycles. The minimum absolute atomic E-state index is 0.243. The van der Waals surface area contributed by atoms with E-state index >= 15 is 0 Å². The zero-order chi connectivity index (χ0) is 11.4. The van der Waals surface area contributed by atoms with Crippen LogP contribution >= 0.6 is 11.8 Å². The molecule has 0 aliphatic heterocycles. The molecule has 0 heterocycles. The summed E-state index contributed by atoms with van der Waals surface area (Å²) < 4.78 is 0. The van der Waals surface area contributed by atoms with Crippen LogP contribution in [0.5, 0.6) is 0 Å². The first-order valence-electron chi connectivity index (χ1n) is 5.53. The molecule has 84 valence electrons. The van der Waals surface area contributed by atoms with Crippen LogP contribution in [0.4, 0.5) is 0 Å². The summed E-state index contributed by atoms with van der Waals surface area (Å²) in [5, 5.41) is 0. The van der Waals surface area contributed by atoms with E-state index in [9.17, 15) is 0 Å². The molecule has 0 saturated heterocycles. The van der Waals surface area contributed by atoms with Gasteiger partial charge in [0.1, 0.15) is 0 Å². The molecule has 0 aromatic heterocycles. The molecule has 2 heteroatoms. The lowest BCUT2D eigenvalue weighted by Crippen LogP contribution is -2.18. The molecular weight excluding hydrogens is 202 g/mol. The first kappa shape index (κ1) is 12.6. The van der Waals surface area contributed by atoms with Gasteiger partial charge in [0.25, 0.3) is 0 Å². The van der Waals surface area contributed by atoms with E-state index in [1.54, 1.807) is 0 Å². The summed E-state index contributed by atoms with van der Waals surface area (Å²) in [5.41, 5.74) is 9.97. The van der Waals surface area contributed by atoms with E-state index in [1.165, 1.54) is 21.6 Å². The molecule has 0 amide bonds. The molecule has 1 aromatic rings. The quantitative estimate of drug-likeness (QED) is 0.793. The van der Waals surface area contributed by atoms with Gasteiger partial charge in [-0.3, -0.25) is 0 Å². The third-order valence-electron chi connectivity index (χ3n) is 2.48. The Labute approximate surface area is 97.4 Å². The average Bonchev–Trinajstić information content (AvgIpc) is 2.13. The van der Waals surface area contributed by atoms with E-state index in [0.29, 0.717) is 0 Å². The minimum atomic E-state index is 0.243. The van der Waals surface area contributed by atoms with Crippen LogP contribution in [0.15, 0.2) is 17.0 Å². The summed E-state index contributed by atoms with van der Waals surface area (Å²) in [4.78, 5) is 1.41. The smallest absolute Gasteiger partial charge is 0.0104 e. The van der Waals surface area contributed by atoms with Gasteiger partial charge in [0.15, 0.2) is 0 Å². The zero-order valence-electron chi connectivity index (χ0n) is 10.1. The molecule has 0 saturated carbocycles. The van der Waals surface area contributed by atoms with E-state index in [2.05, 4.69) is 39.8 Å². The van der Waals surface area contributed by atoms with Gasteiger partial charge >= 0.3 is 0 Å². The molecule has 2 N–H and O–H groups in total. The van der Waals surface area contributed by atoms with Crippen LogP contribution in [0.25, 0.3) is 0 Å². The Morgan fingerprint density at radius 1 is 1.27 bits per heavy atom. The van der Waals surface area contributed by atoms with Crippen molar-refractivity contribution in [2.45, 2.75) is 45.1 Å². The van der Waals surface area contributed by atoms with Crippen molar-refractivity contribution < 1.29 is 0 Å². The lowest BCUT2D eigenvalue weighted by Gasteiger charge is -2.13. The van der Waals surface area contributed by atoms with Crippen molar-refractivity contribution in [3.63, 3.8) is 0 Å². The van der Waals surface area contributed by atoms with E-state index in [-0.39, 0.29) is 6.04 Å². The monoisotopic (exact) mass is 223 g/mol. The van der Waals surface area contributed by atoms with Crippen LogP contribution in [0.2, 0.25) is 0 Å². The third kappa shape index (κ3) is 3.54. The fourth-order valence-electron chi connectivity index (χ4n) is 1.73. The lowest BCUT2D eigenvalue weighted by atomic mass is 10.00. The fourth-order valence-corrected chi connectivity index (χ4v) is 2.58. The van der Waals surface area contributed by atoms with Crippen molar-refractivity contribution in [3.8, 4) is 0 Å². The van der Waals surface area contributed by atoms with Gasteiger partial charge in [-0.1, -0.05) is 13.0 Å². The van der Waals surface area contributed by atoms with Gasteiger partial charge in [0.05, 0.1) is 0 Å². The second-order valence-electron chi connectivity index (χ2n) is 4.16. The van der Waals surface area contributed by atoms with Crippen molar-refractivity contribution in [2.24, 2.45) is 5.73 Å². The van der Waals surface area contributed by atoms with Crippen LogP contribution < -0.4 is 5.73 Å². The van der Waals surface area contributed by atoms with Gasteiger partial charge in [-0.15, -0.1) is 11.8 Å². The molecule has 1 rings (SSSR count). The molecule has 0 fully saturated rings. The molecule has 1 nitrogen and oxygen atoms in total. The van der Waals surface area contributed by atoms with Gasteiger partial charge < -0.3 is 5.73 Å². The number of nitrogens with two attached hydrogens (primary N) is 1. The first-order chi connectivity index (χ1) is 7.04. The van der Waals surface area contributed by atoms with Crippen LogP contribution in [-0.2, 0) is 6.42 Å². The number of hydrogen-bond donors (Lipinski definition) is 1. The van der Waals surface area contributed by atoms with Gasteiger partial charge in [-0.05, 0) is 55.7 Å². The molecule has 15 heavy (non-hydrogen) atoms. The second kappa shape index (κ2) is 5.57. The molecule has 0 spiro atoms. The molecule has 0 bridgehead atoms. The Kier molecular flexibility index (Phi) is 4.68. The van der Waals surface area contributed by atoms with E-state index in [1.807, 2.05) is 11.8 Å². The molecule has 0 aliphatic rings. The van der Waals surface area contributed by atoms with Crippen molar-refractivity contribution in [3.05, 3.63) is 28.8 Å². The van der Waals surface area contributed by atoms with Crippen LogP contribution in [0.1, 0.15) is 30.5 Å².